The molecule has 1 aromatic heterocycles. The van der Waals surface area contributed by atoms with E-state index >= 15 is 0 Å². The number of hydrogen-bond donors (Lipinski definition) is 0. The highest BCUT2D eigenvalue weighted by Crippen LogP contribution is 2.11. The maximum atomic E-state index is 3.29. The molecule has 0 spiro atoms. The van der Waals surface area contributed by atoms with E-state index in [-0.39, 0.29) is 23.1 Å². The molecule has 0 aromatic carbocycles. The Hall–Kier alpha value is 0.946. The molecule has 0 saturated carbocycles. The minimum Gasteiger partial charge on any atom is -0.151 e. The zero-order chi connectivity index (χ0) is 4.41. The Balaban J connectivity index is 0.000000360. The Labute approximate surface area is 71.2 Å². The molecule has 0 aliphatic heterocycles. The van der Waals surface area contributed by atoms with Gasteiger partial charge in [0.2, 0.25) is 0 Å². The van der Waals surface area contributed by atoms with Crippen LogP contribution in [0.3, 0.4) is 0 Å². The second-order valence-electron chi connectivity index (χ2n) is 0.942. The van der Waals surface area contributed by atoms with Gasteiger partial charge in [0.25, 0.3) is 0 Å². The summed E-state index contributed by atoms with van der Waals surface area (Å²) >= 11 is 4.98. The van der Waals surface area contributed by atoms with Crippen LogP contribution in [0, 0.1) is 0 Å². The fourth-order valence-electron chi connectivity index (χ4n) is 0.248. The monoisotopic (exact) mass is 188 g/mol. The van der Waals surface area contributed by atoms with Gasteiger partial charge < -0.3 is 0 Å². The first-order valence-corrected chi connectivity index (χ1v) is 3.31. The lowest BCUT2D eigenvalue weighted by Gasteiger charge is -1.62. The summed E-state index contributed by atoms with van der Waals surface area (Å²) in [7, 11) is 0. The van der Waals surface area contributed by atoms with Gasteiger partial charge in [0.05, 0.1) is 0 Å². The maximum absolute atomic E-state index is 3.29. The summed E-state index contributed by atoms with van der Waals surface area (Å²) in [5, 5.41) is 4.07. The molecule has 7 heavy (non-hydrogen) atoms. The Bertz CT molecular complexity index is 115. The number of thiophene rings is 1. The van der Waals surface area contributed by atoms with Crippen LogP contribution in [0.1, 0.15) is 0 Å². The third-order valence-electron chi connectivity index (χ3n) is 0.486. The number of rotatable bonds is 0. The van der Waals surface area contributed by atoms with Gasteiger partial charge in [-0.25, -0.2) is 0 Å². The van der Waals surface area contributed by atoms with Crippen LogP contribution in [0.15, 0.2) is 21.3 Å². The molecular weight excluding hydrogens is 184 g/mol. The molecule has 1 rings (SSSR count). The fraction of sp³-hybridized carbons (Fsp3) is 0. The van der Waals surface area contributed by atoms with Crippen molar-refractivity contribution < 1.29 is 0 Å². The lowest BCUT2D eigenvalue weighted by Crippen LogP contribution is -1.34. The molecule has 0 radical (unpaired) electrons. The van der Waals surface area contributed by atoms with Crippen LogP contribution in [0.4, 0.5) is 0 Å². The molecule has 0 bridgehead atoms. The fourth-order valence-corrected chi connectivity index (χ4v) is 1.39. The Morgan fingerprint density at radius 2 is 2.29 bits per heavy atom. The summed E-state index contributed by atoms with van der Waals surface area (Å²) < 4.78 is 1.17. The van der Waals surface area contributed by atoms with E-state index in [2.05, 4.69) is 15.9 Å². The average Bonchev–Trinajstić information content (AvgIpc) is 1.86. The van der Waals surface area contributed by atoms with Gasteiger partial charge >= 0.3 is 23.1 Å². The van der Waals surface area contributed by atoms with Crippen molar-refractivity contribution in [3.63, 3.8) is 0 Å². The molecule has 0 saturated heterocycles. The second-order valence-corrected chi connectivity index (χ2v) is 2.64. The second kappa shape index (κ2) is 3.89. The molecule has 0 unspecified atom stereocenters. The van der Waals surface area contributed by atoms with E-state index in [0.717, 1.165) is 0 Å². The van der Waals surface area contributed by atoms with Crippen molar-refractivity contribution in [3.8, 4) is 0 Å². The van der Waals surface area contributed by atoms with Gasteiger partial charge in [-0.1, -0.05) is 0 Å². The van der Waals surface area contributed by atoms with Gasteiger partial charge in [0.1, 0.15) is 0 Å². The van der Waals surface area contributed by atoms with Gasteiger partial charge in [0, 0.05) is 9.85 Å². The predicted octanol–water partition coefficient (Wildman–Crippen LogP) is 1.59. The highest BCUT2D eigenvalue weighted by atomic mass is 79.9. The van der Waals surface area contributed by atoms with Crippen LogP contribution in [0.25, 0.3) is 0 Å². The lowest BCUT2D eigenvalue weighted by molar-refractivity contribution is 1.90. The van der Waals surface area contributed by atoms with Crippen LogP contribution in [0.2, 0.25) is 0 Å². The minimum atomic E-state index is 0. The highest BCUT2D eigenvalue weighted by molar-refractivity contribution is 9.10. The maximum Gasteiger partial charge on any atom is 0.316 e. The van der Waals surface area contributed by atoms with E-state index in [0.29, 0.717) is 0 Å². The third kappa shape index (κ3) is 2.69. The average molecular weight is 189 g/mol. The molecule has 0 fully saturated rings. The molecular formula is C4H5BrMgS. The third-order valence-corrected chi connectivity index (χ3v) is 1.97. The standard InChI is InChI=1S/C4H3BrS.Mg.2H/c5-4-1-2-6-3-4;;;/h1-3H;;;. The van der Waals surface area contributed by atoms with E-state index in [9.17, 15) is 0 Å². The van der Waals surface area contributed by atoms with Gasteiger partial charge in [-0.3, -0.25) is 0 Å². The predicted molar refractivity (Wildman–Crippen MR) is 40.6 cm³/mol. The van der Waals surface area contributed by atoms with Crippen molar-refractivity contribution in [2.75, 3.05) is 0 Å². The zero-order valence-electron chi connectivity index (χ0n) is 3.02. The van der Waals surface area contributed by atoms with E-state index in [1.54, 1.807) is 11.3 Å². The molecule has 0 nitrogen and oxygen atoms in total. The molecule has 0 aliphatic rings. The van der Waals surface area contributed by atoms with Crippen molar-refractivity contribution in [1.29, 1.82) is 0 Å². The number of halogens is 1. The van der Waals surface area contributed by atoms with E-state index in [1.165, 1.54) is 4.47 Å². The summed E-state index contributed by atoms with van der Waals surface area (Å²) in [4.78, 5) is 0. The van der Waals surface area contributed by atoms with Gasteiger partial charge in [-0.2, -0.15) is 11.3 Å². The molecule has 0 amide bonds. The molecule has 36 valence electrons. The largest absolute Gasteiger partial charge is 0.316 e. The van der Waals surface area contributed by atoms with Crippen LogP contribution in [-0.2, 0) is 0 Å². The quantitative estimate of drug-likeness (QED) is 0.544. The highest BCUT2D eigenvalue weighted by Gasteiger charge is 1.77. The first kappa shape index (κ1) is 7.95. The molecule has 1 aromatic rings. The van der Waals surface area contributed by atoms with Crippen molar-refractivity contribution >= 4 is 50.3 Å². The van der Waals surface area contributed by atoms with Crippen molar-refractivity contribution in [2.24, 2.45) is 0 Å². The lowest BCUT2D eigenvalue weighted by atomic mass is 10.7. The van der Waals surface area contributed by atoms with Crippen LogP contribution >= 0.6 is 27.3 Å². The normalized spacial score (nSPS) is 7.57. The zero-order valence-corrected chi connectivity index (χ0v) is 5.42. The van der Waals surface area contributed by atoms with Gasteiger partial charge in [-0.15, -0.1) is 0 Å². The van der Waals surface area contributed by atoms with E-state index in [1.807, 2.05) is 16.8 Å². The van der Waals surface area contributed by atoms with Crippen LogP contribution in [-0.4, -0.2) is 23.1 Å². The summed E-state index contributed by atoms with van der Waals surface area (Å²) in [6, 6.07) is 2.02. The van der Waals surface area contributed by atoms with Crippen LogP contribution in [0.5, 0.6) is 0 Å². The molecule has 3 heteroatoms. The van der Waals surface area contributed by atoms with E-state index in [4.69, 9.17) is 0 Å². The topological polar surface area (TPSA) is 0 Å². The van der Waals surface area contributed by atoms with Gasteiger partial charge in [-0.05, 0) is 27.4 Å². The molecule has 1 heterocycles. The summed E-state index contributed by atoms with van der Waals surface area (Å²) in [6.07, 6.45) is 0. The van der Waals surface area contributed by atoms with E-state index < -0.39 is 0 Å². The minimum absolute atomic E-state index is 0. The molecule has 0 atom stereocenters. The Morgan fingerprint density at radius 3 is 2.43 bits per heavy atom. The van der Waals surface area contributed by atoms with Crippen molar-refractivity contribution in [2.45, 2.75) is 0 Å². The SMILES string of the molecule is Brc1ccsc1.[MgH2]. The molecule has 0 N–H and O–H groups in total. The smallest absolute Gasteiger partial charge is 0.151 e. The number of hydrogen-bond acceptors (Lipinski definition) is 1. The van der Waals surface area contributed by atoms with Crippen molar-refractivity contribution in [3.05, 3.63) is 21.3 Å². The van der Waals surface area contributed by atoms with Crippen LogP contribution < -0.4 is 0 Å². The summed E-state index contributed by atoms with van der Waals surface area (Å²) in [5.74, 6) is 0. The Morgan fingerprint density at radius 1 is 1.57 bits per heavy atom. The first-order valence-electron chi connectivity index (χ1n) is 1.57. The summed E-state index contributed by atoms with van der Waals surface area (Å²) in [5.41, 5.74) is 0. The first-order chi connectivity index (χ1) is 2.89. The Kier molecular flexibility index (Phi) is 4.42. The van der Waals surface area contributed by atoms with Gasteiger partial charge in [0.15, 0.2) is 0 Å². The van der Waals surface area contributed by atoms with Crippen molar-refractivity contribution in [1.82, 2.24) is 0 Å². The molecule has 0 aliphatic carbocycles. The summed E-state index contributed by atoms with van der Waals surface area (Å²) in [6.45, 7) is 0.